The lowest BCUT2D eigenvalue weighted by molar-refractivity contribution is 0.391. The number of hydrogen-bond donors (Lipinski definition) is 1. The van der Waals surface area contributed by atoms with E-state index < -0.39 is 5.54 Å². The molecule has 0 saturated heterocycles. The molecule has 1 rings (SSSR count). The minimum atomic E-state index is -0.494. The summed E-state index contributed by atoms with van der Waals surface area (Å²) in [7, 11) is 0. The van der Waals surface area contributed by atoms with Gasteiger partial charge in [-0.25, -0.2) is 0 Å². The first-order chi connectivity index (χ1) is 7.37. The molecule has 0 aliphatic carbocycles. The Morgan fingerprint density at radius 3 is 2.50 bits per heavy atom. The predicted octanol–water partition coefficient (Wildman–Crippen LogP) is 2.25. The SMILES string of the molecule is CC(C)(C#N)NCC(C)(C)c1ccccn1. The lowest BCUT2D eigenvalue weighted by Gasteiger charge is -2.28. The van der Waals surface area contributed by atoms with E-state index >= 15 is 0 Å². The maximum Gasteiger partial charge on any atom is 0.101 e. The highest BCUT2D eigenvalue weighted by Gasteiger charge is 2.25. The van der Waals surface area contributed by atoms with Gasteiger partial charge in [0.15, 0.2) is 0 Å². The van der Waals surface area contributed by atoms with Gasteiger partial charge in [-0.2, -0.15) is 5.26 Å². The molecule has 0 spiro atoms. The number of hydrogen-bond acceptors (Lipinski definition) is 3. The zero-order chi connectivity index (χ0) is 12.2. The summed E-state index contributed by atoms with van der Waals surface area (Å²) in [4.78, 5) is 4.35. The van der Waals surface area contributed by atoms with E-state index in [0.29, 0.717) is 0 Å². The van der Waals surface area contributed by atoms with E-state index in [2.05, 4.69) is 30.2 Å². The Balaban J connectivity index is 2.71. The van der Waals surface area contributed by atoms with Crippen LogP contribution < -0.4 is 5.32 Å². The van der Waals surface area contributed by atoms with Crippen molar-refractivity contribution in [1.29, 1.82) is 5.26 Å². The molecule has 3 heteroatoms. The van der Waals surface area contributed by atoms with Gasteiger partial charge in [0.1, 0.15) is 5.54 Å². The van der Waals surface area contributed by atoms with Gasteiger partial charge in [-0.05, 0) is 26.0 Å². The standard InChI is InChI=1S/C13H19N3/c1-12(2,10-16-13(3,4)9-14)11-7-5-6-8-15-11/h5-8,16H,10H2,1-4H3. The summed E-state index contributed by atoms with van der Waals surface area (Å²) in [5, 5.41) is 12.2. The van der Waals surface area contributed by atoms with Crippen molar-refractivity contribution in [2.24, 2.45) is 0 Å². The van der Waals surface area contributed by atoms with Crippen molar-refractivity contribution in [1.82, 2.24) is 10.3 Å². The number of pyridine rings is 1. The monoisotopic (exact) mass is 217 g/mol. The van der Waals surface area contributed by atoms with E-state index in [4.69, 9.17) is 5.26 Å². The van der Waals surface area contributed by atoms with E-state index in [1.165, 1.54) is 0 Å². The van der Waals surface area contributed by atoms with E-state index in [0.717, 1.165) is 12.2 Å². The molecule has 3 nitrogen and oxygen atoms in total. The van der Waals surface area contributed by atoms with Gasteiger partial charge >= 0.3 is 0 Å². The van der Waals surface area contributed by atoms with Crippen LogP contribution in [0.25, 0.3) is 0 Å². The molecule has 1 heterocycles. The first kappa shape index (κ1) is 12.7. The molecule has 1 N–H and O–H groups in total. The molecule has 1 aromatic rings. The highest BCUT2D eigenvalue weighted by Crippen LogP contribution is 2.20. The summed E-state index contributed by atoms with van der Waals surface area (Å²) in [5.41, 5.74) is 0.470. The lowest BCUT2D eigenvalue weighted by atomic mass is 9.87. The van der Waals surface area contributed by atoms with Crippen LogP contribution in [0.2, 0.25) is 0 Å². The van der Waals surface area contributed by atoms with Gasteiger partial charge in [0.25, 0.3) is 0 Å². The molecule has 0 aromatic carbocycles. The third-order valence-electron chi connectivity index (χ3n) is 2.61. The second-order valence-corrected chi connectivity index (χ2v) is 5.19. The normalized spacial score (nSPS) is 12.2. The largest absolute Gasteiger partial charge is 0.299 e. The van der Waals surface area contributed by atoms with Crippen LogP contribution in [0.1, 0.15) is 33.4 Å². The summed E-state index contributed by atoms with van der Waals surface area (Å²) in [6.07, 6.45) is 1.80. The summed E-state index contributed by atoms with van der Waals surface area (Å²) in [5.74, 6) is 0. The maximum atomic E-state index is 8.93. The van der Waals surface area contributed by atoms with Gasteiger partial charge in [0.2, 0.25) is 0 Å². The minimum absolute atomic E-state index is 0.0740. The smallest absolute Gasteiger partial charge is 0.101 e. The van der Waals surface area contributed by atoms with E-state index in [1.807, 2.05) is 32.0 Å². The topological polar surface area (TPSA) is 48.7 Å². The third-order valence-corrected chi connectivity index (χ3v) is 2.61. The van der Waals surface area contributed by atoms with Crippen molar-refractivity contribution in [3.63, 3.8) is 0 Å². The Morgan fingerprint density at radius 2 is 2.00 bits per heavy atom. The number of nitrogens with zero attached hydrogens (tertiary/aromatic N) is 2. The van der Waals surface area contributed by atoms with Crippen molar-refractivity contribution < 1.29 is 0 Å². The molecule has 0 aliphatic rings. The number of aromatic nitrogens is 1. The Morgan fingerprint density at radius 1 is 1.31 bits per heavy atom. The van der Waals surface area contributed by atoms with Crippen LogP contribution in [0.5, 0.6) is 0 Å². The van der Waals surface area contributed by atoms with Crippen molar-refractivity contribution in [2.45, 2.75) is 38.6 Å². The second kappa shape index (κ2) is 4.63. The summed E-state index contributed by atoms with van der Waals surface area (Å²) in [6, 6.07) is 8.14. The van der Waals surface area contributed by atoms with Crippen LogP contribution in [0.4, 0.5) is 0 Å². The fourth-order valence-electron chi connectivity index (χ4n) is 1.34. The van der Waals surface area contributed by atoms with Crippen molar-refractivity contribution in [2.75, 3.05) is 6.54 Å². The highest BCUT2D eigenvalue weighted by atomic mass is 15.0. The Bertz CT molecular complexity index is 374. The van der Waals surface area contributed by atoms with Gasteiger partial charge < -0.3 is 0 Å². The average Bonchev–Trinajstić information content (AvgIpc) is 2.28. The van der Waals surface area contributed by atoms with Gasteiger partial charge in [-0.15, -0.1) is 0 Å². The molecule has 1 aromatic heterocycles. The maximum absolute atomic E-state index is 8.93. The zero-order valence-electron chi connectivity index (χ0n) is 10.4. The van der Waals surface area contributed by atoms with Gasteiger partial charge in [-0.3, -0.25) is 10.3 Å². The van der Waals surface area contributed by atoms with Gasteiger partial charge in [0, 0.05) is 23.9 Å². The van der Waals surface area contributed by atoms with Crippen LogP contribution in [-0.4, -0.2) is 17.1 Å². The Hall–Kier alpha value is -1.40. The quantitative estimate of drug-likeness (QED) is 0.841. The molecule has 0 saturated carbocycles. The first-order valence-corrected chi connectivity index (χ1v) is 5.45. The lowest BCUT2D eigenvalue weighted by Crippen LogP contribution is -2.44. The van der Waals surface area contributed by atoms with Crippen LogP contribution in [0.3, 0.4) is 0 Å². The molecule has 0 radical (unpaired) electrons. The highest BCUT2D eigenvalue weighted by molar-refractivity contribution is 5.16. The molecule has 0 fully saturated rings. The van der Waals surface area contributed by atoms with Crippen LogP contribution >= 0.6 is 0 Å². The molecule has 86 valence electrons. The van der Waals surface area contributed by atoms with E-state index in [-0.39, 0.29) is 5.41 Å². The molecule has 0 atom stereocenters. The summed E-state index contributed by atoms with van der Waals surface area (Å²) < 4.78 is 0. The molecule has 0 aliphatic heterocycles. The third kappa shape index (κ3) is 3.32. The van der Waals surface area contributed by atoms with Crippen molar-refractivity contribution >= 4 is 0 Å². The molecular formula is C13H19N3. The Kier molecular flexibility index (Phi) is 3.66. The number of nitrogens with one attached hydrogen (secondary N) is 1. The molecule has 0 unspecified atom stereocenters. The Labute approximate surface area is 97.5 Å². The minimum Gasteiger partial charge on any atom is -0.299 e. The van der Waals surface area contributed by atoms with Gasteiger partial charge in [0.05, 0.1) is 6.07 Å². The van der Waals surface area contributed by atoms with Crippen LogP contribution in [0.15, 0.2) is 24.4 Å². The predicted molar refractivity (Wildman–Crippen MR) is 65.0 cm³/mol. The second-order valence-electron chi connectivity index (χ2n) is 5.19. The van der Waals surface area contributed by atoms with E-state index in [1.54, 1.807) is 6.20 Å². The fraction of sp³-hybridized carbons (Fsp3) is 0.538. The average molecular weight is 217 g/mol. The summed E-state index contributed by atoms with van der Waals surface area (Å²) in [6.45, 7) is 8.72. The van der Waals surface area contributed by atoms with Crippen LogP contribution in [-0.2, 0) is 5.41 Å². The number of nitriles is 1. The van der Waals surface area contributed by atoms with Crippen LogP contribution in [0, 0.1) is 11.3 Å². The molecule has 0 amide bonds. The summed E-state index contributed by atoms with van der Waals surface area (Å²) >= 11 is 0. The van der Waals surface area contributed by atoms with E-state index in [9.17, 15) is 0 Å². The fourth-order valence-corrected chi connectivity index (χ4v) is 1.34. The van der Waals surface area contributed by atoms with Gasteiger partial charge in [-0.1, -0.05) is 19.9 Å². The van der Waals surface area contributed by atoms with Crippen molar-refractivity contribution in [3.05, 3.63) is 30.1 Å². The molecule has 16 heavy (non-hydrogen) atoms. The zero-order valence-corrected chi connectivity index (χ0v) is 10.4. The van der Waals surface area contributed by atoms with Crippen molar-refractivity contribution in [3.8, 4) is 6.07 Å². The molecule has 0 bridgehead atoms. The molecular weight excluding hydrogens is 198 g/mol. The number of rotatable bonds is 4. The first-order valence-electron chi connectivity index (χ1n) is 5.45.